The van der Waals surface area contributed by atoms with Gasteiger partial charge in [-0.1, -0.05) is 54.4 Å². The first-order valence-electron chi connectivity index (χ1n) is 11.5. The van der Waals surface area contributed by atoms with Crippen LogP contribution >= 0.6 is 0 Å². The summed E-state index contributed by atoms with van der Waals surface area (Å²) in [5.41, 5.74) is 4.11. The average Bonchev–Trinajstić information content (AvgIpc) is 2.74. The first-order chi connectivity index (χ1) is 15.8. The summed E-state index contributed by atoms with van der Waals surface area (Å²) >= 11 is 0. The lowest BCUT2D eigenvalue weighted by Gasteiger charge is -2.32. The number of carbonyl (C=O) groups is 2. The highest BCUT2D eigenvalue weighted by Crippen LogP contribution is 2.24. The van der Waals surface area contributed by atoms with E-state index in [4.69, 9.17) is 0 Å². The highest BCUT2D eigenvalue weighted by atomic mass is 32.2. The Morgan fingerprint density at radius 3 is 2.21 bits per heavy atom. The predicted molar refractivity (Wildman–Crippen MR) is 137 cm³/mol. The molecule has 1 N–H and O–H groups in total. The molecule has 2 atom stereocenters. The van der Waals surface area contributed by atoms with Crippen LogP contribution in [0.4, 0.5) is 5.69 Å². The second-order valence-electron chi connectivity index (χ2n) is 9.06. The van der Waals surface area contributed by atoms with Gasteiger partial charge in [0.25, 0.3) is 0 Å². The maximum absolute atomic E-state index is 13.6. The van der Waals surface area contributed by atoms with E-state index in [2.05, 4.69) is 5.32 Å². The molecule has 0 aliphatic carbocycles. The zero-order valence-corrected chi connectivity index (χ0v) is 22.1. The van der Waals surface area contributed by atoms with Gasteiger partial charge in [0.15, 0.2) is 0 Å². The predicted octanol–water partition coefficient (Wildman–Crippen LogP) is 3.71. The fourth-order valence-corrected chi connectivity index (χ4v) is 4.64. The van der Waals surface area contributed by atoms with Crippen LogP contribution < -0.4 is 9.62 Å². The molecule has 7 nitrogen and oxygen atoms in total. The summed E-state index contributed by atoms with van der Waals surface area (Å²) < 4.78 is 26.5. The quantitative estimate of drug-likeness (QED) is 0.554. The third kappa shape index (κ3) is 7.32. The van der Waals surface area contributed by atoms with E-state index in [1.165, 1.54) is 4.90 Å². The van der Waals surface area contributed by atoms with Gasteiger partial charge < -0.3 is 10.2 Å². The summed E-state index contributed by atoms with van der Waals surface area (Å²) in [7, 11) is -3.75. The van der Waals surface area contributed by atoms with Gasteiger partial charge in [-0.25, -0.2) is 8.42 Å². The highest BCUT2D eigenvalue weighted by Gasteiger charge is 2.30. The molecule has 0 saturated heterocycles. The van der Waals surface area contributed by atoms with Gasteiger partial charge in [-0.15, -0.1) is 0 Å². The van der Waals surface area contributed by atoms with Gasteiger partial charge in [-0.3, -0.25) is 13.9 Å². The van der Waals surface area contributed by atoms with Crippen molar-refractivity contribution in [3.05, 3.63) is 64.7 Å². The lowest BCUT2D eigenvalue weighted by atomic mass is 10.1. The van der Waals surface area contributed by atoms with Crippen LogP contribution in [0, 0.1) is 20.8 Å². The monoisotopic (exact) mass is 487 g/mol. The van der Waals surface area contributed by atoms with Gasteiger partial charge in [0.2, 0.25) is 21.8 Å². The van der Waals surface area contributed by atoms with Crippen LogP contribution in [0.5, 0.6) is 0 Å². The van der Waals surface area contributed by atoms with Crippen LogP contribution in [0.25, 0.3) is 0 Å². The minimum atomic E-state index is -3.75. The summed E-state index contributed by atoms with van der Waals surface area (Å²) in [6.07, 6.45) is 1.85. The fraction of sp³-hybridized carbons (Fsp3) is 0.462. The second kappa shape index (κ2) is 11.5. The SMILES string of the molecule is CC[C@@H](C)NC(=O)[C@H](C)N(Cc1cccc(C)c1)C(=O)CN(c1ccc(C)cc1C)S(C)(=O)=O. The van der Waals surface area contributed by atoms with Crippen molar-refractivity contribution in [2.45, 2.75) is 66.6 Å². The number of nitrogens with zero attached hydrogens (tertiary/aromatic N) is 2. The Labute approximate surface area is 204 Å². The maximum atomic E-state index is 13.6. The van der Waals surface area contributed by atoms with Crippen molar-refractivity contribution in [1.29, 1.82) is 0 Å². The molecule has 0 unspecified atom stereocenters. The number of hydrogen-bond donors (Lipinski definition) is 1. The van der Waals surface area contributed by atoms with Crippen molar-refractivity contribution < 1.29 is 18.0 Å². The van der Waals surface area contributed by atoms with Gasteiger partial charge in [-0.2, -0.15) is 0 Å². The molecular formula is C26H37N3O4S. The molecule has 186 valence electrons. The smallest absolute Gasteiger partial charge is 0.244 e. The van der Waals surface area contributed by atoms with Crippen molar-refractivity contribution in [2.75, 3.05) is 17.1 Å². The molecule has 2 aromatic carbocycles. The Morgan fingerprint density at radius 2 is 1.65 bits per heavy atom. The van der Waals surface area contributed by atoms with Crippen molar-refractivity contribution >= 4 is 27.5 Å². The number of sulfonamides is 1. The highest BCUT2D eigenvalue weighted by molar-refractivity contribution is 7.92. The summed E-state index contributed by atoms with van der Waals surface area (Å²) in [4.78, 5) is 28.0. The van der Waals surface area contributed by atoms with E-state index < -0.39 is 28.5 Å². The molecule has 0 aromatic heterocycles. The van der Waals surface area contributed by atoms with Crippen molar-refractivity contribution in [3.63, 3.8) is 0 Å². The molecule has 2 aromatic rings. The third-order valence-corrected chi connectivity index (χ3v) is 7.03. The van der Waals surface area contributed by atoms with Crippen LogP contribution in [-0.4, -0.2) is 50.0 Å². The van der Waals surface area contributed by atoms with Gasteiger partial charge in [0, 0.05) is 12.6 Å². The zero-order chi connectivity index (χ0) is 25.6. The normalized spacial score (nSPS) is 13.1. The maximum Gasteiger partial charge on any atom is 0.244 e. The third-order valence-electron chi connectivity index (χ3n) is 5.90. The molecule has 34 heavy (non-hydrogen) atoms. The minimum absolute atomic E-state index is 0.0337. The standard InChI is InChI=1S/C26H37N3O4S/c1-8-21(5)27-26(31)22(6)28(16-23-11-9-10-18(2)15-23)25(30)17-29(34(7,32)33)24-13-12-19(3)14-20(24)4/h9-15,21-22H,8,16-17H2,1-7H3,(H,27,31)/t21-,22+/m1/s1. The number of anilines is 1. The molecule has 0 heterocycles. The Hall–Kier alpha value is -2.87. The van der Waals surface area contributed by atoms with E-state index in [1.54, 1.807) is 13.0 Å². The molecule has 2 rings (SSSR count). The van der Waals surface area contributed by atoms with Gasteiger partial charge >= 0.3 is 0 Å². The Kier molecular flexibility index (Phi) is 9.27. The van der Waals surface area contributed by atoms with Gasteiger partial charge in [0.05, 0.1) is 11.9 Å². The zero-order valence-electron chi connectivity index (χ0n) is 21.3. The van der Waals surface area contributed by atoms with Crippen molar-refractivity contribution in [1.82, 2.24) is 10.2 Å². The Morgan fingerprint density at radius 1 is 1.00 bits per heavy atom. The number of benzene rings is 2. The Balaban J connectivity index is 2.42. The van der Waals surface area contributed by atoms with Crippen molar-refractivity contribution in [2.24, 2.45) is 0 Å². The van der Waals surface area contributed by atoms with E-state index in [0.29, 0.717) is 5.69 Å². The van der Waals surface area contributed by atoms with E-state index in [9.17, 15) is 18.0 Å². The van der Waals surface area contributed by atoms with Crippen LogP contribution in [0.15, 0.2) is 42.5 Å². The number of rotatable bonds is 10. The molecule has 0 fully saturated rings. The molecule has 0 saturated carbocycles. The molecule has 0 aliphatic heterocycles. The lowest BCUT2D eigenvalue weighted by Crippen LogP contribution is -2.52. The summed E-state index contributed by atoms with van der Waals surface area (Å²) in [5.74, 6) is -0.716. The molecule has 8 heteroatoms. The second-order valence-corrected chi connectivity index (χ2v) is 11.0. The number of aryl methyl sites for hydroxylation is 3. The average molecular weight is 488 g/mol. The van der Waals surface area contributed by atoms with Crippen LogP contribution in [0.3, 0.4) is 0 Å². The number of carbonyl (C=O) groups excluding carboxylic acids is 2. The lowest BCUT2D eigenvalue weighted by molar-refractivity contribution is -0.139. The molecular weight excluding hydrogens is 450 g/mol. The van der Waals surface area contributed by atoms with E-state index in [-0.39, 0.29) is 18.5 Å². The van der Waals surface area contributed by atoms with E-state index in [1.807, 2.05) is 71.0 Å². The number of hydrogen-bond acceptors (Lipinski definition) is 4. The van der Waals surface area contributed by atoms with E-state index >= 15 is 0 Å². The topological polar surface area (TPSA) is 86.8 Å². The van der Waals surface area contributed by atoms with Crippen molar-refractivity contribution in [3.8, 4) is 0 Å². The van der Waals surface area contributed by atoms with Crippen LogP contribution in [0.2, 0.25) is 0 Å². The first-order valence-corrected chi connectivity index (χ1v) is 13.4. The Bertz CT molecular complexity index is 1130. The van der Waals surface area contributed by atoms with E-state index in [0.717, 1.165) is 39.2 Å². The molecule has 0 bridgehead atoms. The fourth-order valence-electron chi connectivity index (χ4n) is 3.74. The first kappa shape index (κ1) is 27.4. The number of amides is 2. The van der Waals surface area contributed by atoms with Gasteiger partial charge in [-0.05, 0) is 58.2 Å². The summed E-state index contributed by atoms with van der Waals surface area (Å²) in [5, 5.41) is 2.93. The molecule has 2 amide bonds. The molecule has 0 radical (unpaired) electrons. The van der Waals surface area contributed by atoms with Gasteiger partial charge in [0.1, 0.15) is 12.6 Å². The molecule has 0 aliphatic rings. The summed E-state index contributed by atoms with van der Waals surface area (Å²) in [6, 6.07) is 12.3. The minimum Gasteiger partial charge on any atom is -0.352 e. The number of nitrogens with one attached hydrogen (secondary N) is 1. The van der Waals surface area contributed by atoms with Crippen LogP contribution in [-0.2, 0) is 26.2 Å². The summed E-state index contributed by atoms with van der Waals surface area (Å²) in [6.45, 7) is 11.1. The molecule has 0 spiro atoms. The van der Waals surface area contributed by atoms with Crippen LogP contribution in [0.1, 0.15) is 49.4 Å². The largest absolute Gasteiger partial charge is 0.352 e.